The average molecular weight is 406 g/mol. The molecule has 1 amide bonds. The quantitative estimate of drug-likeness (QED) is 0.820. The molecule has 1 fully saturated rings. The van der Waals surface area contributed by atoms with Gasteiger partial charge in [-0.15, -0.1) is 0 Å². The van der Waals surface area contributed by atoms with Crippen LogP contribution in [0.5, 0.6) is 0 Å². The molecule has 1 aliphatic heterocycles. The second kappa shape index (κ2) is 8.90. The van der Waals surface area contributed by atoms with Crippen molar-refractivity contribution in [3.63, 3.8) is 0 Å². The first-order chi connectivity index (χ1) is 13.8. The summed E-state index contributed by atoms with van der Waals surface area (Å²) in [5.74, 6) is -0.0239. The Morgan fingerprint density at radius 2 is 1.79 bits per heavy atom. The van der Waals surface area contributed by atoms with Gasteiger partial charge in [-0.1, -0.05) is 26.0 Å². The first kappa shape index (κ1) is 21.2. The fraction of sp³-hybridized carbons (Fsp3) is 0.476. The molecule has 2 heterocycles. The van der Waals surface area contributed by atoms with Crippen molar-refractivity contribution in [2.24, 2.45) is 5.92 Å². The lowest BCUT2D eigenvalue weighted by Crippen LogP contribution is -2.46. The third-order valence-corrected chi connectivity index (χ3v) is 5.18. The van der Waals surface area contributed by atoms with Gasteiger partial charge >= 0.3 is 6.18 Å². The van der Waals surface area contributed by atoms with E-state index in [1.807, 2.05) is 13.8 Å². The van der Waals surface area contributed by atoms with Crippen LogP contribution in [0.4, 0.5) is 13.2 Å². The summed E-state index contributed by atoms with van der Waals surface area (Å²) in [5.41, 5.74) is 0.759. The third-order valence-electron chi connectivity index (χ3n) is 5.18. The number of piperidine rings is 1. The number of halogens is 3. The zero-order valence-corrected chi connectivity index (χ0v) is 16.5. The predicted molar refractivity (Wildman–Crippen MR) is 103 cm³/mol. The summed E-state index contributed by atoms with van der Waals surface area (Å²) in [7, 11) is 0. The number of nitrogens with zero attached hydrogens (tertiary/aromatic N) is 3. The first-order valence-electron chi connectivity index (χ1n) is 9.73. The Morgan fingerprint density at radius 1 is 1.14 bits per heavy atom. The smallest absolute Gasteiger partial charge is 0.353 e. The summed E-state index contributed by atoms with van der Waals surface area (Å²) in [6.07, 6.45) is 1.98. The lowest BCUT2D eigenvalue weighted by atomic mass is 9.96. The van der Waals surface area contributed by atoms with Gasteiger partial charge in [0.05, 0.1) is 23.5 Å². The van der Waals surface area contributed by atoms with Crippen LogP contribution in [0.25, 0.3) is 0 Å². The molecule has 0 saturated carbocycles. The summed E-state index contributed by atoms with van der Waals surface area (Å²) in [6, 6.07) is 5.05. The maximum atomic E-state index is 12.9. The van der Waals surface area contributed by atoms with Crippen molar-refractivity contribution in [2.75, 3.05) is 13.1 Å². The van der Waals surface area contributed by atoms with Crippen LogP contribution in [-0.2, 0) is 11.0 Å². The molecule has 1 aromatic carbocycles. The van der Waals surface area contributed by atoms with Crippen molar-refractivity contribution in [1.29, 1.82) is 0 Å². The molecule has 1 aliphatic rings. The number of rotatable bonds is 5. The van der Waals surface area contributed by atoms with Crippen molar-refractivity contribution < 1.29 is 18.0 Å². The Bertz CT molecular complexity index is 801. The van der Waals surface area contributed by atoms with Gasteiger partial charge in [-0.3, -0.25) is 19.7 Å². The second-order valence-corrected chi connectivity index (χ2v) is 7.63. The molecule has 3 rings (SSSR count). The van der Waals surface area contributed by atoms with Crippen LogP contribution < -0.4 is 5.32 Å². The van der Waals surface area contributed by atoms with Gasteiger partial charge in [-0.05, 0) is 30.5 Å². The number of nitrogens with one attached hydrogen (secondary N) is 1. The topological polar surface area (TPSA) is 58.1 Å². The Labute approximate surface area is 168 Å². The molecule has 1 saturated heterocycles. The van der Waals surface area contributed by atoms with E-state index in [1.54, 1.807) is 18.6 Å². The molecular formula is C21H25F3N4O. The zero-order valence-electron chi connectivity index (χ0n) is 16.5. The molecule has 1 atom stereocenters. The molecule has 1 N–H and O–H groups in total. The van der Waals surface area contributed by atoms with Crippen LogP contribution in [-0.4, -0.2) is 39.9 Å². The third kappa shape index (κ3) is 5.32. The van der Waals surface area contributed by atoms with Crippen LogP contribution in [0.3, 0.4) is 0 Å². The van der Waals surface area contributed by atoms with Crippen molar-refractivity contribution in [1.82, 2.24) is 20.2 Å². The first-order valence-corrected chi connectivity index (χ1v) is 9.73. The van der Waals surface area contributed by atoms with Crippen LogP contribution in [0.1, 0.15) is 49.6 Å². The van der Waals surface area contributed by atoms with Gasteiger partial charge < -0.3 is 5.32 Å². The molecule has 0 aliphatic carbocycles. The standard InChI is InChI=1S/C21H25F3N4O/c1-14(2)20(29)27-17-7-11-28(12-8-17)19(18-13-25-9-10-26-18)15-3-5-16(6-4-15)21(22,23)24/h3-6,9-10,13-14,17,19H,7-8,11-12H2,1-2H3,(H,27,29). The molecule has 2 aromatic rings. The van der Waals surface area contributed by atoms with Crippen molar-refractivity contribution >= 4 is 5.91 Å². The van der Waals surface area contributed by atoms with Gasteiger partial charge in [0.1, 0.15) is 0 Å². The molecule has 0 radical (unpaired) electrons. The summed E-state index contributed by atoms with van der Waals surface area (Å²) in [4.78, 5) is 22.7. The molecule has 1 unspecified atom stereocenters. The lowest BCUT2D eigenvalue weighted by Gasteiger charge is -2.38. The summed E-state index contributed by atoms with van der Waals surface area (Å²) < 4.78 is 38.8. The fourth-order valence-corrected chi connectivity index (χ4v) is 3.54. The Hall–Kier alpha value is -2.48. The van der Waals surface area contributed by atoms with Crippen LogP contribution in [0, 0.1) is 5.92 Å². The van der Waals surface area contributed by atoms with E-state index in [0.717, 1.165) is 30.5 Å². The van der Waals surface area contributed by atoms with E-state index in [9.17, 15) is 18.0 Å². The molecule has 5 nitrogen and oxygen atoms in total. The number of benzene rings is 1. The van der Waals surface area contributed by atoms with Gasteiger partial charge in [-0.2, -0.15) is 13.2 Å². The minimum absolute atomic E-state index is 0.0386. The van der Waals surface area contributed by atoms with E-state index in [4.69, 9.17) is 0 Å². The summed E-state index contributed by atoms with van der Waals surface area (Å²) >= 11 is 0. The van der Waals surface area contributed by atoms with E-state index < -0.39 is 11.7 Å². The number of hydrogen-bond acceptors (Lipinski definition) is 4. The van der Waals surface area contributed by atoms with Crippen LogP contribution >= 0.6 is 0 Å². The summed E-state index contributed by atoms with van der Waals surface area (Å²) in [6.45, 7) is 5.12. The van der Waals surface area contributed by atoms with E-state index in [2.05, 4.69) is 20.2 Å². The average Bonchev–Trinajstić information content (AvgIpc) is 2.70. The van der Waals surface area contributed by atoms with Gasteiger partial charge in [0.15, 0.2) is 0 Å². The number of amides is 1. The second-order valence-electron chi connectivity index (χ2n) is 7.63. The zero-order chi connectivity index (χ0) is 21.0. The number of hydrogen-bond donors (Lipinski definition) is 1. The van der Waals surface area contributed by atoms with Crippen LogP contribution in [0.15, 0.2) is 42.9 Å². The van der Waals surface area contributed by atoms with Crippen molar-refractivity contribution in [3.8, 4) is 0 Å². The number of carbonyl (C=O) groups excluding carboxylic acids is 1. The van der Waals surface area contributed by atoms with E-state index >= 15 is 0 Å². The highest BCUT2D eigenvalue weighted by atomic mass is 19.4. The highest BCUT2D eigenvalue weighted by Crippen LogP contribution is 2.33. The van der Waals surface area contributed by atoms with E-state index in [1.165, 1.54) is 12.1 Å². The molecule has 8 heteroatoms. The van der Waals surface area contributed by atoms with E-state index in [0.29, 0.717) is 18.8 Å². The highest BCUT2D eigenvalue weighted by molar-refractivity contribution is 5.78. The molecular weight excluding hydrogens is 381 g/mol. The maximum Gasteiger partial charge on any atom is 0.416 e. The number of alkyl halides is 3. The monoisotopic (exact) mass is 406 g/mol. The number of aromatic nitrogens is 2. The number of likely N-dealkylation sites (tertiary alicyclic amines) is 1. The molecule has 29 heavy (non-hydrogen) atoms. The molecule has 1 aromatic heterocycles. The van der Waals surface area contributed by atoms with Crippen molar-refractivity contribution in [3.05, 3.63) is 59.7 Å². The maximum absolute atomic E-state index is 12.9. The van der Waals surface area contributed by atoms with Gasteiger partial charge in [0, 0.05) is 37.4 Å². The summed E-state index contributed by atoms with van der Waals surface area (Å²) in [5, 5.41) is 3.06. The van der Waals surface area contributed by atoms with E-state index in [-0.39, 0.29) is 23.9 Å². The van der Waals surface area contributed by atoms with Gasteiger partial charge in [-0.25, -0.2) is 0 Å². The predicted octanol–water partition coefficient (Wildman–Crippen LogP) is 3.82. The Kier molecular flexibility index (Phi) is 6.52. The highest BCUT2D eigenvalue weighted by Gasteiger charge is 2.32. The minimum Gasteiger partial charge on any atom is -0.353 e. The lowest BCUT2D eigenvalue weighted by molar-refractivity contribution is -0.137. The molecule has 0 spiro atoms. The van der Waals surface area contributed by atoms with Gasteiger partial charge in [0.25, 0.3) is 0 Å². The number of carbonyl (C=O) groups is 1. The molecule has 0 bridgehead atoms. The SMILES string of the molecule is CC(C)C(=O)NC1CCN(C(c2ccc(C(F)(F)F)cc2)c2cnccn2)CC1. The normalized spacial score (nSPS) is 17.3. The largest absolute Gasteiger partial charge is 0.416 e. The minimum atomic E-state index is -4.37. The fourth-order valence-electron chi connectivity index (χ4n) is 3.54. The van der Waals surface area contributed by atoms with Crippen LogP contribution in [0.2, 0.25) is 0 Å². The molecule has 156 valence electrons. The van der Waals surface area contributed by atoms with Gasteiger partial charge in [0.2, 0.25) is 5.91 Å². The van der Waals surface area contributed by atoms with Crippen molar-refractivity contribution in [2.45, 2.75) is 44.9 Å². The Balaban J connectivity index is 1.78. The Morgan fingerprint density at radius 3 is 2.31 bits per heavy atom.